The summed E-state index contributed by atoms with van der Waals surface area (Å²) in [5, 5.41) is 0. The molecule has 0 rings (SSSR count). The first-order chi connectivity index (χ1) is 10.7. The lowest BCUT2D eigenvalue weighted by Crippen LogP contribution is -2.49. The summed E-state index contributed by atoms with van der Waals surface area (Å²) >= 11 is 0. The minimum atomic E-state index is -1.64. The molecule has 0 fully saturated rings. The van der Waals surface area contributed by atoms with Crippen molar-refractivity contribution in [2.24, 2.45) is 5.41 Å². The average molecular weight is 345 g/mol. The highest BCUT2D eigenvalue weighted by molar-refractivity contribution is 6.72. The first kappa shape index (κ1) is 23.1. The van der Waals surface area contributed by atoms with Crippen LogP contribution < -0.4 is 0 Å². The molecular formula is C19H44N2OSi. The predicted octanol–water partition coefficient (Wildman–Crippen LogP) is 4.70. The Morgan fingerprint density at radius 3 is 1.83 bits per heavy atom. The van der Waals surface area contributed by atoms with Gasteiger partial charge >= 0.3 is 0 Å². The van der Waals surface area contributed by atoms with E-state index >= 15 is 0 Å². The highest BCUT2D eigenvalue weighted by atomic mass is 28.4. The van der Waals surface area contributed by atoms with Gasteiger partial charge in [0.25, 0.3) is 0 Å². The van der Waals surface area contributed by atoms with E-state index in [2.05, 4.69) is 65.3 Å². The van der Waals surface area contributed by atoms with Gasteiger partial charge in [0.2, 0.25) is 0 Å². The smallest absolute Gasteiger partial charge is 0.190 e. The van der Waals surface area contributed by atoms with Crippen LogP contribution in [-0.4, -0.2) is 66.0 Å². The van der Waals surface area contributed by atoms with Crippen LogP contribution in [0.4, 0.5) is 0 Å². The largest absolute Gasteiger partial charge is 0.417 e. The highest BCUT2D eigenvalue weighted by Crippen LogP contribution is 2.37. The second-order valence-electron chi connectivity index (χ2n) is 8.20. The van der Waals surface area contributed by atoms with Gasteiger partial charge in [-0.05, 0) is 65.6 Å². The number of rotatable bonds is 14. The molecule has 0 aliphatic heterocycles. The fourth-order valence-corrected chi connectivity index (χ4v) is 8.31. The van der Waals surface area contributed by atoms with Crippen LogP contribution in [0, 0.1) is 5.41 Å². The second-order valence-corrected chi connectivity index (χ2v) is 12.2. The van der Waals surface area contributed by atoms with Gasteiger partial charge in [-0.25, -0.2) is 0 Å². The molecule has 0 spiro atoms. The van der Waals surface area contributed by atoms with Crippen LogP contribution in [0.1, 0.15) is 52.9 Å². The molecule has 0 aliphatic carbocycles. The van der Waals surface area contributed by atoms with Gasteiger partial charge in [0.15, 0.2) is 8.32 Å². The van der Waals surface area contributed by atoms with Gasteiger partial charge in [-0.2, -0.15) is 0 Å². The van der Waals surface area contributed by atoms with E-state index in [1.54, 1.807) is 0 Å². The molecular weight excluding hydrogens is 300 g/mol. The topological polar surface area (TPSA) is 15.7 Å². The van der Waals surface area contributed by atoms with E-state index in [0.717, 1.165) is 19.7 Å². The van der Waals surface area contributed by atoms with Crippen molar-refractivity contribution in [2.45, 2.75) is 71.5 Å². The van der Waals surface area contributed by atoms with E-state index in [1.165, 1.54) is 44.2 Å². The van der Waals surface area contributed by atoms with Gasteiger partial charge < -0.3 is 14.2 Å². The summed E-state index contributed by atoms with van der Waals surface area (Å²) in [5.74, 6) is 0. The van der Waals surface area contributed by atoms with Crippen LogP contribution in [0.5, 0.6) is 0 Å². The molecule has 1 atom stereocenters. The van der Waals surface area contributed by atoms with Crippen molar-refractivity contribution in [3.05, 3.63) is 0 Å². The van der Waals surface area contributed by atoms with E-state index in [-0.39, 0.29) is 0 Å². The van der Waals surface area contributed by atoms with Crippen LogP contribution >= 0.6 is 0 Å². The van der Waals surface area contributed by atoms with Crippen molar-refractivity contribution >= 4 is 8.32 Å². The Labute approximate surface area is 147 Å². The lowest BCUT2D eigenvalue weighted by Gasteiger charge is -2.43. The zero-order valence-corrected chi connectivity index (χ0v) is 18.4. The standard InChI is InChI=1S/C19H44N2OSi/c1-9-12-13-14-15-23(8,22-11-3)18-19(10-2,16-20(4)5)17-21(6)7/h9-18H2,1-8H3. The highest BCUT2D eigenvalue weighted by Gasteiger charge is 2.40. The lowest BCUT2D eigenvalue weighted by molar-refractivity contribution is 0.147. The maximum absolute atomic E-state index is 6.43. The molecule has 4 heteroatoms. The molecule has 0 heterocycles. The molecule has 0 bridgehead atoms. The molecule has 0 saturated heterocycles. The second kappa shape index (κ2) is 11.6. The van der Waals surface area contributed by atoms with Gasteiger partial charge in [-0.3, -0.25) is 0 Å². The number of unbranched alkanes of at least 4 members (excludes halogenated alkanes) is 3. The molecule has 0 aromatic rings. The molecule has 0 aromatic heterocycles. The van der Waals surface area contributed by atoms with Gasteiger partial charge in [0.1, 0.15) is 0 Å². The summed E-state index contributed by atoms with van der Waals surface area (Å²) < 4.78 is 6.43. The Morgan fingerprint density at radius 1 is 0.870 bits per heavy atom. The molecule has 0 amide bonds. The fraction of sp³-hybridized carbons (Fsp3) is 1.00. The zero-order chi connectivity index (χ0) is 17.9. The minimum absolute atomic E-state index is 0.355. The van der Waals surface area contributed by atoms with Crippen LogP contribution in [0.25, 0.3) is 0 Å². The molecule has 0 aromatic carbocycles. The maximum atomic E-state index is 6.43. The van der Waals surface area contributed by atoms with Gasteiger partial charge in [-0.1, -0.05) is 39.5 Å². The predicted molar refractivity (Wildman–Crippen MR) is 107 cm³/mol. The first-order valence-corrected chi connectivity index (χ1v) is 12.5. The summed E-state index contributed by atoms with van der Waals surface area (Å²) in [7, 11) is 7.19. The Balaban J connectivity index is 5.08. The molecule has 140 valence electrons. The summed E-state index contributed by atoms with van der Waals surface area (Å²) in [6, 6.07) is 2.61. The zero-order valence-electron chi connectivity index (χ0n) is 17.4. The first-order valence-electron chi connectivity index (χ1n) is 9.66. The van der Waals surface area contributed by atoms with E-state index < -0.39 is 8.32 Å². The Kier molecular flexibility index (Phi) is 11.7. The molecule has 1 unspecified atom stereocenters. The molecule has 0 aliphatic rings. The number of hydrogen-bond donors (Lipinski definition) is 0. The summed E-state index contributed by atoms with van der Waals surface area (Å²) in [5.41, 5.74) is 0.355. The van der Waals surface area contributed by atoms with Crippen molar-refractivity contribution in [2.75, 3.05) is 47.9 Å². The van der Waals surface area contributed by atoms with Crippen molar-refractivity contribution in [3.8, 4) is 0 Å². The van der Waals surface area contributed by atoms with Crippen LogP contribution in [0.2, 0.25) is 18.6 Å². The molecule has 23 heavy (non-hydrogen) atoms. The number of nitrogens with zero attached hydrogens (tertiary/aromatic N) is 2. The maximum Gasteiger partial charge on any atom is 0.190 e. The van der Waals surface area contributed by atoms with Gasteiger partial charge in [0.05, 0.1) is 0 Å². The summed E-state index contributed by atoms with van der Waals surface area (Å²) in [6.45, 7) is 12.5. The van der Waals surface area contributed by atoms with Crippen molar-refractivity contribution in [3.63, 3.8) is 0 Å². The Bertz CT molecular complexity index is 287. The normalized spacial score (nSPS) is 15.4. The summed E-state index contributed by atoms with van der Waals surface area (Å²) in [6.07, 6.45) is 6.62. The molecule has 0 N–H and O–H groups in total. The molecule has 0 saturated carbocycles. The van der Waals surface area contributed by atoms with Gasteiger partial charge in [0, 0.05) is 19.7 Å². The van der Waals surface area contributed by atoms with Crippen LogP contribution in [0.15, 0.2) is 0 Å². The third kappa shape index (κ3) is 9.85. The van der Waals surface area contributed by atoms with Crippen molar-refractivity contribution < 1.29 is 4.43 Å². The average Bonchev–Trinajstić information content (AvgIpc) is 2.42. The molecule has 3 nitrogen and oxygen atoms in total. The van der Waals surface area contributed by atoms with E-state index in [4.69, 9.17) is 4.43 Å². The third-order valence-corrected chi connectivity index (χ3v) is 8.75. The minimum Gasteiger partial charge on any atom is -0.417 e. The Morgan fingerprint density at radius 2 is 1.43 bits per heavy atom. The van der Waals surface area contributed by atoms with E-state index in [1.807, 2.05) is 0 Å². The lowest BCUT2D eigenvalue weighted by atomic mass is 9.86. The fourth-order valence-electron chi connectivity index (χ4n) is 4.13. The van der Waals surface area contributed by atoms with E-state index in [9.17, 15) is 0 Å². The summed E-state index contributed by atoms with van der Waals surface area (Å²) in [4.78, 5) is 4.73. The Hall–Kier alpha value is 0.0969. The van der Waals surface area contributed by atoms with Gasteiger partial charge in [-0.15, -0.1) is 0 Å². The SMILES string of the molecule is CCCCCC[Si](C)(CC(CC)(CN(C)C)CN(C)C)OCC. The number of hydrogen-bond acceptors (Lipinski definition) is 3. The third-order valence-electron chi connectivity index (χ3n) is 4.85. The monoisotopic (exact) mass is 344 g/mol. The van der Waals surface area contributed by atoms with E-state index in [0.29, 0.717) is 5.41 Å². The quantitative estimate of drug-likeness (QED) is 0.335. The van der Waals surface area contributed by atoms with Crippen LogP contribution in [0.3, 0.4) is 0 Å². The van der Waals surface area contributed by atoms with Crippen molar-refractivity contribution in [1.29, 1.82) is 0 Å². The van der Waals surface area contributed by atoms with Crippen molar-refractivity contribution in [1.82, 2.24) is 9.80 Å². The van der Waals surface area contributed by atoms with Crippen LogP contribution in [-0.2, 0) is 4.43 Å². The molecule has 0 radical (unpaired) electrons.